The third-order valence-corrected chi connectivity index (χ3v) is 3.97. The van der Waals surface area contributed by atoms with Gasteiger partial charge >= 0.3 is 6.09 Å². The van der Waals surface area contributed by atoms with Crippen molar-refractivity contribution in [3.63, 3.8) is 0 Å². The summed E-state index contributed by atoms with van der Waals surface area (Å²) in [6.45, 7) is 7.95. The van der Waals surface area contributed by atoms with Crippen LogP contribution < -0.4 is 10.6 Å². The number of aryl methyl sites for hydroxylation is 1. The summed E-state index contributed by atoms with van der Waals surface area (Å²) in [5.74, 6) is -0.197. The highest BCUT2D eigenvalue weighted by Gasteiger charge is 2.29. The van der Waals surface area contributed by atoms with Crippen LogP contribution in [0, 0.1) is 12.7 Å². The van der Waals surface area contributed by atoms with E-state index in [-0.39, 0.29) is 17.9 Å². The van der Waals surface area contributed by atoms with Gasteiger partial charge in [-0.05, 0) is 53.0 Å². The second-order valence-electron chi connectivity index (χ2n) is 7.27. The zero-order valence-electron chi connectivity index (χ0n) is 14.4. The van der Waals surface area contributed by atoms with E-state index in [9.17, 15) is 9.18 Å². The second-order valence-corrected chi connectivity index (χ2v) is 7.27. The minimum atomic E-state index is -0.504. The third-order valence-electron chi connectivity index (χ3n) is 3.97. The van der Waals surface area contributed by atoms with Crippen molar-refractivity contribution in [1.29, 1.82) is 0 Å². The average molecular weight is 322 g/mol. The van der Waals surface area contributed by atoms with Gasteiger partial charge in [0.1, 0.15) is 11.4 Å². The Morgan fingerprint density at radius 3 is 2.70 bits per heavy atom. The van der Waals surface area contributed by atoms with Crippen molar-refractivity contribution in [3.8, 4) is 0 Å². The maximum Gasteiger partial charge on any atom is 0.407 e. The molecule has 0 aliphatic heterocycles. The van der Waals surface area contributed by atoms with E-state index in [1.807, 2.05) is 33.8 Å². The predicted molar refractivity (Wildman–Crippen MR) is 88.8 cm³/mol. The van der Waals surface area contributed by atoms with Gasteiger partial charge in [-0.3, -0.25) is 0 Å². The van der Waals surface area contributed by atoms with Crippen LogP contribution in [0.3, 0.4) is 0 Å². The number of rotatable bonds is 4. The lowest BCUT2D eigenvalue weighted by molar-refractivity contribution is 0.0498. The summed E-state index contributed by atoms with van der Waals surface area (Å²) in [5.41, 5.74) is 1.20. The van der Waals surface area contributed by atoms with E-state index in [0.717, 1.165) is 24.8 Å². The van der Waals surface area contributed by atoms with Crippen molar-refractivity contribution in [2.24, 2.45) is 0 Å². The van der Waals surface area contributed by atoms with Crippen molar-refractivity contribution < 1.29 is 13.9 Å². The normalized spacial score (nSPS) is 21.3. The number of carbonyl (C=O) groups is 1. The van der Waals surface area contributed by atoms with Crippen molar-refractivity contribution in [3.05, 3.63) is 35.1 Å². The molecule has 1 aliphatic rings. The van der Waals surface area contributed by atoms with Gasteiger partial charge in [0, 0.05) is 24.2 Å². The van der Waals surface area contributed by atoms with E-state index in [4.69, 9.17) is 4.74 Å². The molecule has 1 aromatic rings. The Bertz CT molecular complexity index is 554. The molecule has 0 heterocycles. The number of ether oxygens (including phenoxy) is 1. The zero-order chi connectivity index (χ0) is 17.0. The predicted octanol–water partition coefficient (Wildman–Crippen LogP) is 3.67. The van der Waals surface area contributed by atoms with E-state index in [1.165, 1.54) is 6.07 Å². The highest BCUT2D eigenvalue weighted by molar-refractivity contribution is 5.68. The lowest BCUT2D eigenvalue weighted by Gasteiger charge is -2.25. The lowest BCUT2D eigenvalue weighted by atomic mass is 10.1. The molecule has 1 aromatic carbocycles. The van der Waals surface area contributed by atoms with Gasteiger partial charge < -0.3 is 15.4 Å². The van der Waals surface area contributed by atoms with Gasteiger partial charge in [-0.2, -0.15) is 0 Å². The Labute approximate surface area is 137 Å². The average Bonchev–Trinajstić information content (AvgIpc) is 2.85. The van der Waals surface area contributed by atoms with Crippen LogP contribution in [0.1, 0.15) is 51.2 Å². The van der Waals surface area contributed by atoms with E-state index < -0.39 is 11.7 Å². The Morgan fingerprint density at radius 1 is 1.30 bits per heavy atom. The molecule has 0 spiro atoms. The molecule has 2 rings (SSSR count). The maximum absolute atomic E-state index is 13.8. The molecular formula is C18H27FN2O2. The fraction of sp³-hybridized carbons (Fsp3) is 0.611. The lowest BCUT2D eigenvalue weighted by Crippen LogP contribution is -2.47. The minimum Gasteiger partial charge on any atom is -0.444 e. The fourth-order valence-electron chi connectivity index (χ4n) is 2.92. The summed E-state index contributed by atoms with van der Waals surface area (Å²) in [6.07, 6.45) is 2.52. The minimum absolute atomic E-state index is 0.0257. The molecule has 0 radical (unpaired) electrons. The summed E-state index contributed by atoms with van der Waals surface area (Å²) in [7, 11) is 0. The molecule has 4 nitrogen and oxygen atoms in total. The summed E-state index contributed by atoms with van der Waals surface area (Å²) in [6, 6.07) is 5.28. The van der Waals surface area contributed by atoms with E-state index in [0.29, 0.717) is 12.1 Å². The summed E-state index contributed by atoms with van der Waals surface area (Å²) in [5, 5.41) is 6.30. The molecule has 23 heavy (non-hydrogen) atoms. The van der Waals surface area contributed by atoms with E-state index in [2.05, 4.69) is 10.6 Å². The summed E-state index contributed by atoms with van der Waals surface area (Å²) >= 11 is 0. The number of hydrogen-bond acceptors (Lipinski definition) is 3. The van der Waals surface area contributed by atoms with Gasteiger partial charge in [0.25, 0.3) is 0 Å². The molecule has 5 heteroatoms. The number of alkyl carbamates (subject to hydrolysis) is 1. The van der Waals surface area contributed by atoms with Crippen molar-refractivity contribution in [1.82, 2.24) is 10.6 Å². The van der Waals surface area contributed by atoms with Crippen LogP contribution >= 0.6 is 0 Å². The first kappa shape index (κ1) is 17.7. The molecule has 1 saturated carbocycles. The number of benzene rings is 1. The molecule has 0 bridgehead atoms. The topological polar surface area (TPSA) is 50.4 Å². The van der Waals surface area contributed by atoms with Crippen molar-refractivity contribution in [2.45, 2.75) is 71.2 Å². The number of hydrogen-bond donors (Lipinski definition) is 2. The number of amides is 1. The molecule has 1 amide bonds. The Hall–Kier alpha value is -1.62. The number of nitrogens with one attached hydrogen (secondary N) is 2. The highest BCUT2D eigenvalue weighted by Crippen LogP contribution is 2.21. The quantitative estimate of drug-likeness (QED) is 0.889. The largest absolute Gasteiger partial charge is 0.444 e. The second kappa shape index (κ2) is 7.30. The molecule has 2 atom stereocenters. The third kappa shape index (κ3) is 5.50. The Balaban J connectivity index is 1.89. The van der Waals surface area contributed by atoms with Gasteiger partial charge in [-0.25, -0.2) is 9.18 Å². The molecule has 1 aliphatic carbocycles. The smallest absolute Gasteiger partial charge is 0.407 e. The van der Waals surface area contributed by atoms with Gasteiger partial charge in [0.15, 0.2) is 0 Å². The zero-order valence-corrected chi connectivity index (χ0v) is 14.4. The van der Waals surface area contributed by atoms with Crippen LogP contribution in [0.2, 0.25) is 0 Å². The monoisotopic (exact) mass is 322 g/mol. The molecule has 2 unspecified atom stereocenters. The SMILES string of the molecule is Cc1ccc(F)c(CNC2CCCC2NC(=O)OC(C)(C)C)c1. The Kier molecular flexibility index (Phi) is 5.63. The standard InChI is InChI=1S/C18H27FN2O2/c1-12-8-9-14(19)13(10-12)11-20-15-6-5-7-16(15)21-17(22)23-18(2,3)4/h8-10,15-16,20H,5-7,11H2,1-4H3,(H,21,22). The Morgan fingerprint density at radius 2 is 2.00 bits per heavy atom. The first-order valence-corrected chi connectivity index (χ1v) is 8.22. The van der Waals surface area contributed by atoms with Crippen LogP contribution in [0.4, 0.5) is 9.18 Å². The molecule has 2 N–H and O–H groups in total. The number of carbonyl (C=O) groups excluding carboxylic acids is 1. The molecule has 0 aromatic heterocycles. The molecule has 128 valence electrons. The molecule has 1 fully saturated rings. The first-order chi connectivity index (χ1) is 10.7. The van der Waals surface area contributed by atoms with Crippen molar-refractivity contribution in [2.75, 3.05) is 0 Å². The van der Waals surface area contributed by atoms with Gasteiger partial charge in [0.05, 0.1) is 0 Å². The summed E-state index contributed by atoms with van der Waals surface area (Å²) < 4.78 is 19.1. The highest BCUT2D eigenvalue weighted by atomic mass is 19.1. The van der Waals surface area contributed by atoms with Gasteiger partial charge in [-0.1, -0.05) is 17.7 Å². The van der Waals surface area contributed by atoms with E-state index >= 15 is 0 Å². The van der Waals surface area contributed by atoms with Gasteiger partial charge in [0.2, 0.25) is 0 Å². The van der Waals surface area contributed by atoms with Crippen LogP contribution in [-0.4, -0.2) is 23.8 Å². The molecule has 0 saturated heterocycles. The van der Waals surface area contributed by atoms with Crippen LogP contribution in [0.15, 0.2) is 18.2 Å². The van der Waals surface area contributed by atoms with E-state index in [1.54, 1.807) is 6.07 Å². The van der Waals surface area contributed by atoms with Crippen LogP contribution in [0.5, 0.6) is 0 Å². The fourth-order valence-corrected chi connectivity index (χ4v) is 2.92. The van der Waals surface area contributed by atoms with Crippen LogP contribution in [0.25, 0.3) is 0 Å². The number of halogens is 1. The molecular weight excluding hydrogens is 295 g/mol. The van der Waals surface area contributed by atoms with Crippen LogP contribution in [-0.2, 0) is 11.3 Å². The van der Waals surface area contributed by atoms with Crippen molar-refractivity contribution >= 4 is 6.09 Å². The maximum atomic E-state index is 13.8. The van der Waals surface area contributed by atoms with Gasteiger partial charge in [-0.15, -0.1) is 0 Å². The first-order valence-electron chi connectivity index (χ1n) is 8.22. The summed E-state index contributed by atoms with van der Waals surface area (Å²) in [4.78, 5) is 11.9.